The van der Waals surface area contributed by atoms with Gasteiger partial charge in [-0.2, -0.15) is 0 Å². The summed E-state index contributed by atoms with van der Waals surface area (Å²) in [5, 5.41) is 7.43. The highest BCUT2D eigenvalue weighted by Gasteiger charge is 1.97. The van der Waals surface area contributed by atoms with E-state index in [0.717, 1.165) is 5.69 Å². The summed E-state index contributed by atoms with van der Waals surface area (Å²) in [6.07, 6.45) is 3.24. The van der Waals surface area contributed by atoms with Crippen LogP contribution in [-0.4, -0.2) is 23.4 Å². The van der Waals surface area contributed by atoms with Gasteiger partial charge in [0.2, 0.25) is 0 Å². The predicted octanol–water partition coefficient (Wildman–Crippen LogP) is 0.238. The molecule has 2 rings (SSSR count). The minimum absolute atomic E-state index is 0.295. The first-order valence-electron chi connectivity index (χ1n) is 3.88. The van der Waals surface area contributed by atoms with Gasteiger partial charge in [-0.1, -0.05) is 5.21 Å². The molecule has 0 aliphatic carbocycles. The van der Waals surface area contributed by atoms with Crippen LogP contribution in [0.1, 0.15) is 0 Å². The van der Waals surface area contributed by atoms with Crippen molar-refractivity contribution in [2.24, 2.45) is 0 Å². The molecular formula is C8H7N3O2S. The summed E-state index contributed by atoms with van der Waals surface area (Å²) in [6.45, 7) is 0. The van der Waals surface area contributed by atoms with E-state index in [-0.39, 0.29) is 0 Å². The fraction of sp³-hybridized carbons (Fsp3) is 0. The first kappa shape index (κ1) is 8.89. The first-order chi connectivity index (χ1) is 6.77. The van der Waals surface area contributed by atoms with Crippen LogP contribution < -0.4 is 0 Å². The molecule has 0 saturated carbocycles. The van der Waals surface area contributed by atoms with Gasteiger partial charge in [0.25, 0.3) is 0 Å². The SMILES string of the molecule is O=[SH](=O)c1ccc(-n2ccnn2)cc1. The minimum atomic E-state index is -2.51. The Morgan fingerprint density at radius 1 is 1.14 bits per heavy atom. The van der Waals surface area contributed by atoms with Gasteiger partial charge in [0, 0.05) is 0 Å². The normalized spacial score (nSPS) is 10.6. The van der Waals surface area contributed by atoms with Crippen LogP contribution >= 0.6 is 0 Å². The molecule has 14 heavy (non-hydrogen) atoms. The zero-order valence-electron chi connectivity index (χ0n) is 7.07. The molecule has 1 aromatic heterocycles. The molecule has 2 aromatic rings. The third kappa shape index (κ3) is 1.64. The molecule has 1 aromatic carbocycles. The van der Waals surface area contributed by atoms with E-state index in [2.05, 4.69) is 10.3 Å². The maximum absolute atomic E-state index is 10.6. The highest BCUT2D eigenvalue weighted by atomic mass is 32.2. The number of hydrogen-bond acceptors (Lipinski definition) is 4. The summed E-state index contributed by atoms with van der Waals surface area (Å²) in [4.78, 5) is 0.295. The third-order valence-electron chi connectivity index (χ3n) is 1.75. The van der Waals surface area contributed by atoms with Gasteiger partial charge in [0.05, 0.1) is 23.0 Å². The second kappa shape index (κ2) is 3.59. The average molecular weight is 209 g/mol. The van der Waals surface area contributed by atoms with Crippen LogP contribution in [0.4, 0.5) is 0 Å². The van der Waals surface area contributed by atoms with Crippen molar-refractivity contribution in [3.8, 4) is 5.69 Å². The maximum atomic E-state index is 10.6. The van der Waals surface area contributed by atoms with E-state index < -0.39 is 10.7 Å². The van der Waals surface area contributed by atoms with Crippen molar-refractivity contribution in [3.05, 3.63) is 36.7 Å². The molecule has 0 aliphatic rings. The van der Waals surface area contributed by atoms with Gasteiger partial charge in [-0.05, 0) is 24.3 Å². The van der Waals surface area contributed by atoms with E-state index in [1.807, 2.05) is 0 Å². The van der Waals surface area contributed by atoms with E-state index in [4.69, 9.17) is 0 Å². The number of benzene rings is 1. The van der Waals surface area contributed by atoms with Crippen molar-refractivity contribution >= 4 is 10.7 Å². The second-order valence-corrected chi connectivity index (χ2v) is 3.65. The molecule has 0 saturated heterocycles. The van der Waals surface area contributed by atoms with Gasteiger partial charge in [-0.25, -0.2) is 13.1 Å². The molecule has 6 heteroatoms. The van der Waals surface area contributed by atoms with Crippen molar-refractivity contribution in [3.63, 3.8) is 0 Å². The van der Waals surface area contributed by atoms with Crippen molar-refractivity contribution in [1.82, 2.24) is 15.0 Å². The molecule has 0 N–H and O–H groups in total. The first-order valence-corrected chi connectivity index (χ1v) is 5.06. The van der Waals surface area contributed by atoms with E-state index in [0.29, 0.717) is 4.90 Å². The van der Waals surface area contributed by atoms with Crippen LogP contribution in [0.2, 0.25) is 0 Å². The lowest BCUT2D eigenvalue weighted by atomic mass is 10.3. The molecule has 72 valence electrons. The van der Waals surface area contributed by atoms with Crippen molar-refractivity contribution in [1.29, 1.82) is 0 Å². The second-order valence-electron chi connectivity index (χ2n) is 2.62. The zero-order valence-corrected chi connectivity index (χ0v) is 7.96. The highest BCUT2D eigenvalue weighted by Crippen LogP contribution is 2.08. The standard InChI is InChI=1S/C8H7N3O2S/c12-14(13)8-3-1-7(2-4-8)11-6-5-9-10-11/h1-6,14H. The molecule has 0 amide bonds. The highest BCUT2D eigenvalue weighted by molar-refractivity contribution is 7.72. The Morgan fingerprint density at radius 2 is 1.86 bits per heavy atom. The van der Waals surface area contributed by atoms with Crippen LogP contribution in [0, 0.1) is 0 Å². The third-order valence-corrected chi connectivity index (χ3v) is 2.47. The number of hydrogen-bond donors (Lipinski definition) is 1. The number of thiol groups is 1. The lowest BCUT2D eigenvalue weighted by Gasteiger charge is -1.98. The Balaban J connectivity index is 2.40. The summed E-state index contributed by atoms with van der Waals surface area (Å²) in [7, 11) is -2.51. The lowest BCUT2D eigenvalue weighted by Crippen LogP contribution is -1.94. The van der Waals surface area contributed by atoms with Gasteiger partial charge in [0.15, 0.2) is 10.7 Å². The molecule has 0 aliphatic heterocycles. The topological polar surface area (TPSA) is 64.8 Å². The van der Waals surface area contributed by atoms with Crippen molar-refractivity contribution < 1.29 is 8.42 Å². The van der Waals surface area contributed by atoms with Gasteiger partial charge in [0.1, 0.15) is 0 Å². The molecule has 0 radical (unpaired) electrons. The minimum Gasteiger partial charge on any atom is -0.227 e. The summed E-state index contributed by atoms with van der Waals surface area (Å²) in [6, 6.07) is 6.41. The Labute approximate surface area is 81.9 Å². The predicted molar refractivity (Wildman–Crippen MR) is 49.9 cm³/mol. The van der Waals surface area contributed by atoms with Crippen LogP contribution in [0.25, 0.3) is 5.69 Å². The number of aromatic nitrogens is 3. The Morgan fingerprint density at radius 3 is 2.36 bits per heavy atom. The van der Waals surface area contributed by atoms with Crippen molar-refractivity contribution in [2.75, 3.05) is 0 Å². The summed E-state index contributed by atoms with van der Waals surface area (Å²) >= 11 is 0. The molecule has 1 heterocycles. The van der Waals surface area contributed by atoms with Gasteiger partial charge in [-0.15, -0.1) is 5.10 Å². The van der Waals surface area contributed by atoms with E-state index in [9.17, 15) is 8.42 Å². The van der Waals surface area contributed by atoms with E-state index in [1.165, 1.54) is 12.1 Å². The molecule has 0 fully saturated rings. The van der Waals surface area contributed by atoms with E-state index in [1.54, 1.807) is 29.2 Å². The monoisotopic (exact) mass is 209 g/mol. The average Bonchev–Trinajstić information content (AvgIpc) is 2.71. The largest absolute Gasteiger partial charge is 0.227 e. The van der Waals surface area contributed by atoms with Crippen LogP contribution in [0.5, 0.6) is 0 Å². The van der Waals surface area contributed by atoms with Gasteiger partial charge in [-0.3, -0.25) is 0 Å². The van der Waals surface area contributed by atoms with Gasteiger partial charge >= 0.3 is 0 Å². The quantitative estimate of drug-likeness (QED) is 0.719. The summed E-state index contributed by atoms with van der Waals surface area (Å²) in [5.74, 6) is 0. The molecular weight excluding hydrogens is 202 g/mol. The molecule has 0 unspecified atom stereocenters. The van der Waals surface area contributed by atoms with Gasteiger partial charge < -0.3 is 0 Å². The molecule has 0 atom stereocenters. The Kier molecular flexibility index (Phi) is 2.28. The summed E-state index contributed by atoms with van der Waals surface area (Å²) < 4.78 is 22.8. The molecule has 0 spiro atoms. The van der Waals surface area contributed by atoms with Crippen LogP contribution in [-0.2, 0) is 10.7 Å². The van der Waals surface area contributed by atoms with Crippen LogP contribution in [0.3, 0.4) is 0 Å². The van der Waals surface area contributed by atoms with E-state index >= 15 is 0 Å². The Bertz CT molecular complexity index is 480. The zero-order chi connectivity index (χ0) is 9.97. The Hall–Kier alpha value is -1.69. The van der Waals surface area contributed by atoms with Crippen molar-refractivity contribution in [2.45, 2.75) is 4.90 Å². The van der Waals surface area contributed by atoms with Crippen LogP contribution in [0.15, 0.2) is 41.6 Å². The maximum Gasteiger partial charge on any atom is 0.168 e. The summed E-state index contributed by atoms with van der Waals surface area (Å²) in [5.41, 5.74) is 0.781. The fourth-order valence-electron chi connectivity index (χ4n) is 1.07. The number of nitrogens with zero attached hydrogens (tertiary/aromatic N) is 3. The number of rotatable bonds is 2. The fourth-order valence-corrected chi connectivity index (χ4v) is 1.47. The molecule has 0 bridgehead atoms. The smallest absolute Gasteiger partial charge is 0.168 e. The lowest BCUT2D eigenvalue weighted by molar-refractivity contribution is 0.614. The molecule has 5 nitrogen and oxygen atoms in total.